The summed E-state index contributed by atoms with van der Waals surface area (Å²) in [5, 5.41) is 12.5. The van der Waals surface area contributed by atoms with E-state index in [1.54, 1.807) is 11.3 Å². The second-order valence-electron chi connectivity index (χ2n) is 8.84. The SMILES string of the molecule is C[C@H]1C[C@@]2(CCN1Cc1cnc(NC(C)(C)CO)nc1)OCCc1sc(Cl)cc12. The fraction of sp³-hybridized carbons (Fsp3) is 0.619. The van der Waals surface area contributed by atoms with E-state index >= 15 is 0 Å². The Labute approximate surface area is 181 Å². The highest BCUT2D eigenvalue weighted by molar-refractivity contribution is 7.16. The number of ether oxygens (including phenoxy) is 1. The molecule has 1 fully saturated rings. The molecule has 4 rings (SSSR count). The summed E-state index contributed by atoms with van der Waals surface area (Å²) < 4.78 is 7.22. The number of halogens is 1. The van der Waals surface area contributed by atoms with Gasteiger partial charge in [0.2, 0.25) is 5.95 Å². The van der Waals surface area contributed by atoms with Gasteiger partial charge in [0.25, 0.3) is 0 Å². The summed E-state index contributed by atoms with van der Waals surface area (Å²) in [7, 11) is 0. The normalized spacial score (nSPS) is 25.2. The summed E-state index contributed by atoms with van der Waals surface area (Å²) >= 11 is 8.01. The summed E-state index contributed by atoms with van der Waals surface area (Å²) in [6.07, 6.45) is 6.65. The lowest BCUT2D eigenvalue weighted by atomic mass is 9.79. The smallest absolute Gasteiger partial charge is 0.223 e. The molecule has 2 aromatic heterocycles. The standard InChI is InChI=1S/C21H29ClN4O2S/c1-14-9-21(16-8-18(22)29-17(16)4-7-28-21)5-6-26(14)12-15-10-23-19(24-11-15)25-20(2,3)13-27/h8,10-11,14,27H,4-7,9,12-13H2,1-3H3,(H,23,24,25)/t14-,21+/m0/s1. The Kier molecular flexibility index (Phi) is 5.88. The Morgan fingerprint density at radius 2 is 2.17 bits per heavy atom. The quantitative estimate of drug-likeness (QED) is 0.742. The molecule has 0 saturated carbocycles. The van der Waals surface area contributed by atoms with E-state index in [9.17, 15) is 5.11 Å². The molecule has 6 nitrogen and oxygen atoms in total. The minimum absolute atomic E-state index is 0.0181. The lowest BCUT2D eigenvalue weighted by molar-refractivity contribution is -0.112. The number of aliphatic hydroxyl groups is 1. The summed E-state index contributed by atoms with van der Waals surface area (Å²) in [5.74, 6) is 0.538. The molecule has 0 unspecified atom stereocenters. The van der Waals surface area contributed by atoms with Crippen molar-refractivity contribution in [2.45, 2.75) is 63.8 Å². The monoisotopic (exact) mass is 436 g/mol. The third-order valence-corrected chi connectivity index (χ3v) is 7.29. The van der Waals surface area contributed by atoms with Gasteiger partial charge in [-0.25, -0.2) is 9.97 Å². The number of nitrogens with zero attached hydrogens (tertiary/aromatic N) is 3. The zero-order chi connectivity index (χ0) is 20.6. The Morgan fingerprint density at radius 3 is 2.86 bits per heavy atom. The summed E-state index contributed by atoms with van der Waals surface area (Å²) in [6, 6.07) is 2.51. The molecule has 2 atom stereocenters. The lowest BCUT2D eigenvalue weighted by Gasteiger charge is -2.47. The van der Waals surface area contributed by atoms with Crippen molar-refractivity contribution in [2.24, 2.45) is 0 Å². The molecule has 0 aliphatic carbocycles. The van der Waals surface area contributed by atoms with E-state index in [0.717, 1.165) is 48.9 Å². The van der Waals surface area contributed by atoms with Crippen LogP contribution < -0.4 is 5.32 Å². The fourth-order valence-electron chi connectivity index (χ4n) is 4.33. The van der Waals surface area contributed by atoms with Crippen LogP contribution >= 0.6 is 22.9 Å². The van der Waals surface area contributed by atoms with Crippen LogP contribution in [0.15, 0.2) is 18.5 Å². The number of hydrogen-bond acceptors (Lipinski definition) is 7. The van der Waals surface area contributed by atoms with Gasteiger partial charge in [0.05, 0.1) is 28.7 Å². The second-order valence-corrected chi connectivity index (χ2v) is 10.6. The van der Waals surface area contributed by atoms with Crippen LogP contribution in [-0.2, 0) is 23.3 Å². The van der Waals surface area contributed by atoms with Gasteiger partial charge in [-0.3, -0.25) is 4.90 Å². The number of hydrogen-bond donors (Lipinski definition) is 2. The maximum Gasteiger partial charge on any atom is 0.223 e. The Balaban J connectivity index is 1.41. The molecule has 0 amide bonds. The van der Waals surface area contributed by atoms with Crippen LogP contribution in [0.25, 0.3) is 0 Å². The van der Waals surface area contributed by atoms with Crippen molar-refractivity contribution in [3.8, 4) is 0 Å². The topological polar surface area (TPSA) is 70.5 Å². The van der Waals surface area contributed by atoms with E-state index in [2.05, 4.69) is 33.2 Å². The number of piperidine rings is 1. The van der Waals surface area contributed by atoms with Crippen LogP contribution in [0.5, 0.6) is 0 Å². The molecule has 158 valence electrons. The first-order valence-electron chi connectivity index (χ1n) is 10.2. The van der Waals surface area contributed by atoms with Gasteiger partial charge in [-0.05, 0) is 45.2 Å². The van der Waals surface area contributed by atoms with Crippen molar-refractivity contribution >= 4 is 28.9 Å². The van der Waals surface area contributed by atoms with E-state index < -0.39 is 5.54 Å². The van der Waals surface area contributed by atoms with Gasteiger partial charge in [0.1, 0.15) is 0 Å². The van der Waals surface area contributed by atoms with Crippen molar-refractivity contribution in [3.63, 3.8) is 0 Å². The zero-order valence-electron chi connectivity index (χ0n) is 17.2. The summed E-state index contributed by atoms with van der Waals surface area (Å²) in [5.41, 5.74) is 1.77. The van der Waals surface area contributed by atoms with E-state index in [4.69, 9.17) is 16.3 Å². The van der Waals surface area contributed by atoms with E-state index in [-0.39, 0.29) is 12.2 Å². The molecule has 0 bridgehead atoms. The summed E-state index contributed by atoms with van der Waals surface area (Å²) in [6.45, 7) is 8.67. The fourth-order valence-corrected chi connectivity index (χ4v) is 5.67. The van der Waals surface area contributed by atoms with Gasteiger partial charge < -0.3 is 15.2 Å². The van der Waals surface area contributed by atoms with Crippen LogP contribution in [-0.4, -0.2) is 51.3 Å². The van der Waals surface area contributed by atoms with E-state index in [1.165, 1.54) is 10.4 Å². The van der Waals surface area contributed by atoms with Crippen molar-refractivity contribution in [1.82, 2.24) is 14.9 Å². The van der Waals surface area contributed by atoms with Crippen molar-refractivity contribution < 1.29 is 9.84 Å². The first-order chi connectivity index (χ1) is 13.8. The van der Waals surface area contributed by atoms with Crippen molar-refractivity contribution in [2.75, 3.05) is 25.1 Å². The average molecular weight is 437 g/mol. The maximum absolute atomic E-state index is 9.38. The average Bonchev–Trinajstić information content (AvgIpc) is 3.07. The molecule has 2 aromatic rings. The number of likely N-dealkylation sites (tertiary alicyclic amines) is 1. The number of nitrogens with one attached hydrogen (secondary N) is 1. The Hall–Kier alpha value is -1.25. The highest BCUT2D eigenvalue weighted by atomic mass is 35.5. The minimum atomic E-state index is -0.444. The third-order valence-electron chi connectivity index (χ3n) is 5.97. The van der Waals surface area contributed by atoms with Crippen LogP contribution in [0.3, 0.4) is 0 Å². The molecule has 0 aromatic carbocycles. The predicted octanol–water partition coefficient (Wildman–Crippen LogP) is 3.83. The van der Waals surface area contributed by atoms with E-state index in [1.807, 2.05) is 26.2 Å². The van der Waals surface area contributed by atoms with Crippen molar-refractivity contribution in [3.05, 3.63) is 38.8 Å². The molecule has 8 heteroatoms. The molecule has 2 N–H and O–H groups in total. The van der Waals surface area contributed by atoms with Crippen LogP contribution in [0.1, 0.15) is 49.6 Å². The molecular formula is C21H29ClN4O2S. The van der Waals surface area contributed by atoms with Gasteiger partial charge in [0, 0.05) is 48.4 Å². The van der Waals surface area contributed by atoms with Crippen molar-refractivity contribution in [1.29, 1.82) is 0 Å². The van der Waals surface area contributed by atoms with Crippen LogP contribution in [0.2, 0.25) is 4.34 Å². The van der Waals surface area contributed by atoms with Gasteiger partial charge in [-0.2, -0.15) is 0 Å². The number of aromatic nitrogens is 2. The number of thiophene rings is 1. The zero-order valence-corrected chi connectivity index (χ0v) is 18.8. The van der Waals surface area contributed by atoms with E-state index in [0.29, 0.717) is 12.0 Å². The molecule has 0 radical (unpaired) electrons. The largest absolute Gasteiger partial charge is 0.394 e. The Bertz CT molecular complexity index is 857. The van der Waals surface area contributed by atoms with Crippen LogP contribution in [0.4, 0.5) is 5.95 Å². The highest BCUT2D eigenvalue weighted by Gasteiger charge is 2.44. The number of aliphatic hydroxyl groups excluding tert-OH is 1. The molecule has 4 heterocycles. The highest BCUT2D eigenvalue weighted by Crippen LogP contribution is 2.47. The Morgan fingerprint density at radius 1 is 1.41 bits per heavy atom. The van der Waals surface area contributed by atoms with Gasteiger partial charge in [0.15, 0.2) is 0 Å². The maximum atomic E-state index is 9.38. The predicted molar refractivity (Wildman–Crippen MR) is 117 cm³/mol. The molecule has 2 aliphatic rings. The molecule has 2 aliphatic heterocycles. The summed E-state index contributed by atoms with van der Waals surface area (Å²) in [4.78, 5) is 12.7. The van der Waals surface area contributed by atoms with Gasteiger partial charge in [-0.15, -0.1) is 11.3 Å². The molecule has 1 saturated heterocycles. The van der Waals surface area contributed by atoms with Gasteiger partial charge >= 0.3 is 0 Å². The first-order valence-corrected chi connectivity index (χ1v) is 11.4. The number of fused-ring (bicyclic) bond motifs is 2. The molecule has 29 heavy (non-hydrogen) atoms. The number of anilines is 1. The third kappa shape index (κ3) is 4.44. The molecule has 1 spiro atoms. The lowest BCUT2D eigenvalue weighted by Crippen LogP contribution is -2.50. The first kappa shape index (κ1) is 21.0. The second kappa shape index (κ2) is 8.12. The van der Waals surface area contributed by atoms with Gasteiger partial charge in [-0.1, -0.05) is 11.6 Å². The minimum Gasteiger partial charge on any atom is -0.394 e. The number of rotatable bonds is 5. The molecular weight excluding hydrogens is 408 g/mol. The van der Waals surface area contributed by atoms with Crippen LogP contribution in [0, 0.1) is 0 Å².